The third kappa shape index (κ3) is 4.20. The van der Waals surface area contributed by atoms with E-state index in [0.29, 0.717) is 6.04 Å². The summed E-state index contributed by atoms with van der Waals surface area (Å²) in [6.07, 6.45) is 11.8. The molecule has 2 saturated carbocycles. The number of nitrogens with two attached hydrogens (primary N) is 1. The Kier molecular flexibility index (Phi) is 5.68. The Labute approximate surface area is 117 Å². The predicted molar refractivity (Wildman–Crippen MR) is 78.7 cm³/mol. The van der Waals surface area contributed by atoms with Gasteiger partial charge in [-0.2, -0.15) is 0 Å². The van der Waals surface area contributed by atoms with Crippen LogP contribution in [0.1, 0.15) is 71.1 Å². The second kappa shape index (κ2) is 7.28. The van der Waals surface area contributed by atoms with Gasteiger partial charge in [0.15, 0.2) is 0 Å². The fraction of sp³-hybridized carbons (Fsp3) is 0.938. The van der Waals surface area contributed by atoms with Crippen molar-refractivity contribution in [3.05, 3.63) is 0 Å². The van der Waals surface area contributed by atoms with Crippen molar-refractivity contribution in [2.24, 2.45) is 17.6 Å². The zero-order valence-corrected chi connectivity index (χ0v) is 12.4. The lowest BCUT2D eigenvalue weighted by Crippen LogP contribution is -2.46. The quantitative estimate of drug-likeness (QED) is 0.772. The van der Waals surface area contributed by atoms with Crippen molar-refractivity contribution in [2.45, 2.75) is 83.2 Å². The maximum absolute atomic E-state index is 12.4. The van der Waals surface area contributed by atoms with Crippen LogP contribution in [0.2, 0.25) is 0 Å². The number of hydrogen-bond acceptors (Lipinski definition) is 2. The molecule has 0 aromatic carbocycles. The zero-order valence-electron chi connectivity index (χ0n) is 12.4. The Hall–Kier alpha value is -0.570. The molecule has 2 fully saturated rings. The second-order valence-corrected chi connectivity index (χ2v) is 6.55. The molecule has 0 aromatic heterocycles. The summed E-state index contributed by atoms with van der Waals surface area (Å²) in [7, 11) is 0. The van der Waals surface area contributed by atoms with Gasteiger partial charge in [-0.1, -0.05) is 45.4 Å². The molecule has 3 N–H and O–H groups in total. The van der Waals surface area contributed by atoms with E-state index in [2.05, 4.69) is 12.2 Å². The van der Waals surface area contributed by atoms with Gasteiger partial charge in [-0.25, -0.2) is 0 Å². The van der Waals surface area contributed by atoms with E-state index in [0.717, 1.165) is 31.6 Å². The van der Waals surface area contributed by atoms with Gasteiger partial charge < -0.3 is 11.1 Å². The Morgan fingerprint density at radius 2 is 1.89 bits per heavy atom. The summed E-state index contributed by atoms with van der Waals surface area (Å²) in [4.78, 5) is 12.4. The molecule has 2 aliphatic carbocycles. The minimum Gasteiger partial charge on any atom is -0.353 e. The van der Waals surface area contributed by atoms with Crippen LogP contribution < -0.4 is 11.1 Å². The lowest BCUT2D eigenvalue weighted by Gasteiger charge is -2.31. The average molecular weight is 266 g/mol. The maximum Gasteiger partial charge on any atom is 0.224 e. The Morgan fingerprint density at radius 1 is 1.11 bits per heavy atom. The fourth-order valence-corrected chi connectivity index (χ4v) is 3.76. The van der Waals surface area contributed by atoms with Crippen LogP contribution in [0.15, 0.2) is 0 Å². The molecule has 2 aliphatic rings. The second-order valence-electron chi connectivity index (χ2n) is 6.55. The highest BCUT2D eigenvalue weighted by Gasteiger charge is 2.29. The lowest BCUT2D eigenvalue weighted by molar-refractivity contribution is -0.126. The van der Waals surface area contributed by atoms with Gasteiger partial charge in [0, 0.05) is 12.1 Å². The summed E-state index contributed by atoms with van der Waals surface area (Å²) in [6.45, 7) is 2.26. The van der Waals surface area contributed by atoms with Gasteiger partial charge in [0.2, 0.25) is 5.91 Å². The summed E-state index contributed by atoms with van der Waals surface area (Å²) in [6, 6.07) is 0.481. The molecular formula is C16H30N2O. The molecular weight excluding hydrogens is 236 g/mol. The van der Waals surface area contributed by atoms with E-state index in [-0.39, 0.29) is 17.9 Å². The Balaban J connectivity index is 1.85. The zero-order chi connectivity index (χ0) is 13.7. The van der Waals surface area contributed by atoms with Crippen LogP contribution in [-0.4, -0.2) is 18.0 Å². The summed E-state index contributed by atoms with van der Waals surface area (Å²) < 4.78 is 0. The molecule has 0 aromatic rings. The van der Waals surface area contributed by atoms with Crippen LogP contribution in [0.4, 0.5) is 0 Å². The van der Waals surface area contributed by atoms with Crippen molar-refractivity contribution in [2.75, 3.05) is 0 Å². The molecule has 3 nitrogen and oxygen atoms in total. The Morgan fingerprint density at radius 3 is 2.68 bits per heavy atom. The number of amides is 1. The van der Waals surface area contributed by atoms with Crippen LogP contribution in [0.5, 0.6) is 0 Å². The third-order valence-electron chi connectivity index (χ3n) is 5.11. The van der Waals surface area contributed by atoms with Crippen molar-refractivity contribution >= 4 is 5.91 Å². The molecule has 2 rings (SSSR count). The largest absolute Gasteiger partial charge is 0.353 e. The number of carbonyl (C=O) groups excluding carboxylic acids is 1. The SMILES string of the molecule is CCC1CCCC(NC(=O)C2CCCCCC2N)C1. The van der Waals surface area contributed by atoms with Crippen LogP contribution >= 0.6 is 0 Å². The van der Waals surface area contributed by atoms with Gasteiger partial charge in [-0.3, -0.25) is 4.79 Å². The van der Waals surface area contributed by atoms with Crippen molar-refractivity contribution in [1.29, 1.82) is 0 Å². The molecule has 19 heavy (non-hydrogen) atoms. The van der Waals surface area contributed by atoms with Crippen molar-refractivity contribution in [3.63, 3.8) is 0 Å². The monoisotopic (exact) mass is 266 g/mol. The van der Waals surface area contributed by atoms with E-state index in [1.54, 1.807) is 0 Å². The molecule has 1 amide bonds. The van der Waals surface area contributed by atoms with Crippen LogP contribution in [0.3, 0.4) is 0 Å². The number of nitrogens with one attached hydrogen (secondary N) is 1. The minimum absolute atomic E-state index is 0.0597. The van der Waals surface area contributed by atoms with Gasteiger partial charge in [-0.15, -0.1) is 0 Å². The molecule has 0 aliphatic heterocycles. The van der Waals surface area contributed by atoms with Gasteiger partial charge >= 0.3 is 0 Å². The molecule has 0 saturated heterocycles. The van der Waals surface area contributed by atoms with E-state index in [1.165, 1.54) is 38.5 Å². The third-order valence-corrected chi connectivity index (χ3v) is 5.11. The van der Waals surface area contributed by atoms with E-state index in [1.807, 2.05) is 0 Å². The fourth-order valence-electron chi connectivity index (χ4n) is 3.76. The standard InChI is InChI=1S/C16H30N2O/c1-2-12-7-6-8-13(11-12)18-16(19)14-9-4-3-5-10-15(14)17/h12-15H,2-11,17H2,1H3,(H,18,19). The van der Waals surface area contributed by atoms with Crippen molar-refractivity contribution < 1.29 is 4.79 Å². The molecule has 0 bridgehead atoms. The smallest absolute Gasteiger partial charge is 0.224 e. The van der Waals surface area contributed by atoms with Crippen LogP contribution in [0, 0.1) is 11.8 Å². The summed E-state index contributed by atoms with van der Waals surface area (Å²) in [5.74, 6) is 1.10. The highest BCUT2D eigenvalue weighted by molar-refractivity contribution is 5.79. The highest BCUT2D eigenvalue weighted by atomic mass is 16.2. The first-order valence-corrected chi connectivity index (χ1v) is 8.26. The first-order valence-electron chi connectivity index (χ1n) is 8.26. The van der Waals surface area contributed by atoms with Gasteiger partial charge in [0.25, 0.3) is 0 Å². The first kappa shape index (κ1) is 14.8. The molecule has 0 spiro atoms. The van der Waals surface area contributed by atoms with Crippen LogP contribution in [-0.2, 0) is 4.79 Å². The highest BCUT2D eigenvalue weighted by Crippen LogP contribution is 2.28. The van der Waals surface area contributed by atoms with Crippen LogP contribution in [0.25, 0.3) is 0 Å². The Bertz CT molecular complexity index is 292. The predicted octanol–water partition coefficient (Wildman–Crippen LogP) is 2.98. The van der Waals surface area contributed by atoms with Crippen molar-refractivity contribution in [1.82, 2.24) is 5.32 Å². The van der Waals surface area contributed by atoms with Gasteiger partial charge in [-0.05, 0) is 31.6 Å². The maximum atomic E-state index is 12.4. The van der Waals surface area contributed by atoms with E-state index < -0.39 is 0 Å². The summed E-state index contributed by atoms with van der Waals surface area (Å²) in [5, 5.41) is 3.29. The van der Waals surface area contributed by atoms with E-state index >= 15 is 0 Å². The molecule has 0 heterocycles. The molecule has 4 atom stereocenters. The summed E-state index contributed by atoms with van der Waals surface area (Å²) >= 11 is 0. The molecule has 110 valence electrons. The average Bonchev–Trinajstić information content (AvgIpc) is 2.63. The van der Waals surface area contributed by atoms with E-state index in [4.69, 9.17) is 5.73 Å². The topological polar surface area (TPSA) is 55.1 Å². The van der Waals surface area contributed by atoms with Gasteiger partial charge in [0.1, 0.15) is 0 Å². The minimum atomic E-state index is 0.0597. The molecule has 4 unspecified atom stereocenters. The number of rotatable bonds is 3. The number of carbonyl (C=O) groups is 1. The van der Waals surface area contributed by atoms with E-state index in [9.17, 15) is 4.79 Å². The van der Waals surface area contributed by atoms with Crippen molar-refractivity contribution in [3.8, 4) is 0 Å². The summed E-state index contributed by atoms with van der Waals surface area (Å²) in [5.41, 5.74) is 6.18. The molecule has 3 heteroatoms. The van der Waals surface area contributed by atoms with Gasteiger partial charge in [0.05, 0.1) is 5.92 Å². The number of hydrogen-bond donors (Lipinski definition) is 2. The first-order chi connectivity index (χ1) is 9.20. The lowest BCUT2D eigenvalue weighted by atomic mass is 9.83. The molecule has 0 radical (unpaired) electrons. The normalized spacial score (nSPS) is 36.5.